The van der Waals surface area contributed by atoms with E-state index in [0.717, 1.165) is 32.1 Å². The number of anilines is 2. The van der Waals surface area contributed by atoms with Crippen LogP contribution in [0.5, 0.6) is 0 Å². The smallest absolute Gasteiger partial charge is 0.311 e. The van der Waals surface area contributed by atoms with Gasteiger partial charge in [-0.2, -0.15) is 0 Å². The molecule has 11 heteroatoms. The number of nitrogens with zero attached hydrogens (tertiary/aromatic N) is 5. The molecule has 3 aromatic rings. The highest BCUT2D eigenvalue weighted by Gasteiger charge is 2.19. The van der Waals surface area contributed by atoms with E-state index in [2.05, 4.69) is 30.1 Å². The van der Waals surface area contributed by atoms with Gasteiger partial charge in [0, 0.05) is 56.1 Å². The molecule has 172 valence electrons. The summed E-state index contributed by atoms with van der Waals surface area (Å²) in [6.45, 7) is 4.30. The van der Waals surface area contributed by atoms with Gasteiger partial charge in [-0.1, -0.05) is 0 Å². The van der Waals surface area contributed by atoms with Crippen LogP contribution in [0.4, 0.5) is 15.5 Å². The SMILES string of the molecule is O=C(Cc1csc(NC(=O)c2ccc(F)cc2)n1)OCCN1CCN(c2ncccn2)CC1. The maximum atomic E-state index is 13.0. The molecule has 1 saturated heterocycles. The first-order valence-corrected chi connectivity index (χ1v) is 11.4. The van der Waals surface area contributed by atoms with Gasteiger partial charge in [-0.25, -0.2) is 19.3 Å². The number of ether oxygens (including phenoxy) is 1. The van der Waals surface area contributed by atoms with Gasteiger partial charge in [-0.3, -0.25) is 19.8 Å². The summed E-state index contributed by atoms with van der Waals surface area (Å²) in [4.78, 5) is 41.5. The van der Waals surface area contributed by atoms with Gasteiger partial charge in [0.1, 0.15) is 12.4 Å². The lowest BCUT2D eigenvalue weighted by Gasteiger charge is -2.34. The van der Waals surface area contributed by atoms with Gasteiger partial charge in [0.2, 0.25) is 5.95 Å². The van der Waals surface area contributed by atoms with Gasteiger partial charge in [-0.05, 0) is 30.3 Å². The second-order valence-corrected chi connectivity index (χ2v) is 8.24. The molecule has 1 N–H and O–H groups in total. The van der Waals surface area contributed by atoms with E-state index in [1.165, 1.54) is 35.6 Å². The Balaban J connectivity index is 1.15. The summed E-state index contributed by atoms with van der Waals surface area (Å²) in [5, 5.41) is 4.72. The molecule has 4 rings (SSSR count). The van der Waals surface area contributed by atoms with Crippen molar-refractivity contribution in [1.82, 2.24) is 19.9 Å². The van der Waals surface area contributed by atoms with E-state index >= 15 is 0 Å². The average molecular weight is 471 g/mol. The van der Waals surface area contributed by atoms with Crippen LogP contribution < -0.4 is 10.2 Å². The number of carbonyl (C=O) groups is 2. The molecule has 33 heavy (non-hydrogen) atoms. The molecule has 9 nitrogen and oxygen atoms in total. The average Bonchev–Trinajstić information content (AvgIpc) is 3.27. The molecular formula is C22H23FN6O3S. The number of nitrogens with one attached hydrogen (secondary N) is 1. The van der Waals surface area contributed by atoms with E-state index in [4.69, 9.17) is 4.74 Å². The normalized spacial score (nSPS) is 14.2. The first-order chi connectivity index (χ1) is 16.1. The molecule has 0 radical (unpaired) electrons. The number of halogens is 1. The molecule has 1 aliphatic rings. The number of hydrogen-bond donors (Lipinski definition) is 1. The molecule has 0 atom stereocenters. The molecule has 0 aliphatic carbocycles. The van der Waals surface area contributed by atoms with Gasteiger partial charge >= 0.3 is 5.97 Å². The highest BCUT2D eigenvalue weighted by atomic mass is 32.1. The van der Waals surface area contributed by atoms with Gasteiger partial charge in [0.15, 0.2) is 5.13 Å². The molecule has 1 amide bonds. The minimum Gasteiger partial charge on any atom is -0.464 e. The third-order valence-corrected chi connectivity index (χ3v) is 5.89. The Morgan fingerprint density at radius 3 is 2.55 bits per heavy atom. The second kappa shape index (κ2) is 10.9. The molecule has 1 fully saturated rings. The summed E-state index contributed by atoms with van der Waals surface area (Å²) in [6.07, 6.45) is 3.50. The Morgan fingerprint density at radius 1 is 1.09 bits per heavy atom. The number of amides is 1. The van der Waals surface area contributed by atoms with Crippen molar-refractivity contribution in [2.45, 2.75) is 6.42 Å². The molecular weight excluding hydrogens is 447 g/mol. The Hall–Kier alpha value is -3.44. The van der Waals surface area contributed by atoms with Crippen molar-refractivity contribution in [3.63, 3.8) is 0 Å². The highest BCUT2D eigenvalue weighted by molar-refractivity contribution is 7.14. The topological polar surface area (TPSA) is 101 Å². The third-order valence-electron chi connectivity index (χ3n) is 5.08. The van der Waals surface area contributed by atoms with Crippen LogP contribution in [0, 0.1) is 5.82 Å². The lowest BCUT2D eigenvalue weighted by Crippen LogP contribution is -2.48. The van der Waals surface area contributed by atoms with Gasteiger partial charge in [0.25, 0.3) is 5.91 Å². The van der Waals surface area contributed by atoms with Crippen molar-refractivity contribution < 1.29 is 18.7 Å². The Labute approximate surface area is 194 Å². The molecule has 1 aromatic carbocycles. The number of piperazine rings is 1. The standard InChI is InChI=1S/C22H23FN6O3S/c23-17-4-2-16(3-5-17)20(31)27-22-26-18(15-33-22)14-19(30)32-13-12-28-8-10-29(11-9-28)21-24-6-1-7-25-21/h1-7,15H,8-14H2,(H,26,27,31). The predicted octanol–water partition coefficient (Wildman–Crippen LogP) is 2.23. The van der Waals surface area contributed by atoms with Gasteiger partial charge < -0.3 is 9.64 Å². The van der Waals surface area contributed by atoms with E-state index in [1.807, 2.05) is 0 Å². The molecule has 1 aliphatic heterocycles. The Morgan fingerprint density at radius 2 is 1.82 bits per heavy atom. The van der Waals surface area contributed by atoms with E-state index in [-0.39, 0.29) is 12.4 Å². The summed E-state index contributed by atoms with van der Waals surface area (Å²) >= 11 is 1.21. The first-order valence-electron chi connectivity index (χ1n) is 10.5. The summed E-state index contributed by atoms with van der Waals surface area (Å²) in [5.41, 5.74) is 0.848. The highest BCUT2D eigenvalue weighted by Crippen LogP contribution is 2.17. The van der Waals surface area contributed by atoms with E-state index < -0.39 is 11.7 Å². The quantitative estimate of drug-likeness (QED) is 0.501. The number of rotatable bonds is 8. The van der Waals surface area contributed by atoms with Gasteiger partial charge in [-0.15, -0.1) is 11.3 Å². The minimum absolute atomic E-state index is 0.0298. The molecule has 3 heterocycles. The van der Waals surface area contributed by atoms with Crippen LogP contribution >= 0.6 is 11.3 Å². The van der Waals surface area contributed by atoms with Crippen molar-refractivity contribution in [2.24, 2.45) is 0 Å². The molecule has 0 spiro atoms. The number of benzene rings is 1. The van der Waals surface area contributed by atoms with Crippen molar-refractivity contribution in [3.05, 3.63) is 65.2 Å². The van der Waals surface area contributed by atoms with E-state index in [1.54, 1.807) is 23.8 Å². The van der Waals surface area contributed by atoms with Crippen LogP contribution in [-0.4, -0.2) is 71.1 Å². The summed E-state index contributed by atoms with van der Waals surface area (Å²) < 4.78 is 18.3. The molecule has 0 unspecified atom stereocenters. The maximum absolute atomic E-state index is 13.0. The van der Waals surface area contributed by atoms with Crippen LogP contribution in [0.15, 0.2) is 48.1 Å². The number of carbonyl (C=O) groups excluding carboxylic acids is 2. The number of hydrogen-bond acceptors (Lipinski definition) is 9. The zero-order chi connectivity index (χ0) is 23.0. The lowest BCUT2D eigenvalue weighted by atomic mass is 10.2. The van der Waals surface area contributed by atoms with Crippen molar-refractivity contribution in [1.29, 1.82) is 0 Å². The summed E-state index contributed by atoms with van der Waals surface area (Å²) in [6, 6.07) is 7.02. The van der Waals surface area contributed by atoms with Crippen molar-refractivity contribution in [2.75, 3.05) is 49.5 Å². The number of aromatic nitrogens is 3. The first kappa shape index (κ1) is 22.7. The predicted molar refractivity (Wildman–Crippen MR) is 122 cm³/mol. The molecule has 0 bridgehead atoms. The van der Waals surface area contributed by atoms with Crippen LogP contribution in [0.3, 0.4) is 0 Å². The minimum atomic E-state index is -0.411. The zero-order valence-corrected chi connectivity index (χ0v) is 18.6. The van der Waals surface area contributed by atoms with Crippen LogP contribution in [0.1, 0.15) is 16.1 Å². The largest absolute Gasteiger partial charge is 0.464 e. The zero-order valence-electron chi connectivity index (χ0n) is 17.8. The van der Waals surface area contributed by atoms with Crippen molar-refractivity contribution >= 4 is 34.3 Å². The lowest BCUT2D eigenvalue weighted by molar-refractivity contribution is -0.143. The monoisotopic (exact) mass is 470 g/mol. The second-order valence-electron chi connectivity index (χ2n) is 7.38. The third kappa shape index (κ3) is 6.53. The molecule has 0 saturated carbocycles. The Kier molecular flexibility index (Phi) is 7.53. The van der Waals surface area contributed by atoms with Crippen LogP contribution in [0.25, 0.3) is 0 Å². The number of esters is 1. The van der Waals surface area contributed by atoms with E-state index in [0.29, 0.717) is 29.5 Å². The maximum Gasteiger partial charge on any atom is 0.311 e. The van der Waals surface area contributed by atoms with Gasteiger partial charge in [0.05, 0.1) is 12.1 Å². The Bertz CT molecular complexity index is 1070. The molecule has 2 aromatic heterocycles. The fraction of sp³-hybridized carbons (Fsp3) is 0.318. The van der Waals surface area contributed by atoms with Crippen molar-refractivity contribution in [3.8, 4) is 0 Å². The fourth-order valence-corrected chi connectivity index (χ4v) is 4.03. The van der Waals surface area contributed by atoms with Crippen LogP contribution in [-0.2, 0) is 16.0 Å². The summed E-state index contributed by atoms with van der Waals surface area (Å²) in [7, 11) is 0. The van der Waals surface area contributed by atoms with Crippen LogP contribution in [0.2, 0.25) is 0 Å². The number of thiazole rings is 1. The summed E-state index contributed by atoms with van der Waals surface area (Å²) in [5.74, 6) is -0.434. The fourth-order valence-electron chi connectivity index (χ4n) is 3.33. The van der Waals surface area contributed by atoms with E-state index in [9.17, 15) is 14.0 Å².